The Labute approximate surface area is 213 Å². The van der Waals surface area contributed by atoms with Crippen molar-refractivity contribution < 1.29 is 9.59 Å². The van der Waals surface area contributed by atoms with E-state index in [-0.39, 0.29) is 17.9 Å². The lowest BCUT2D eigenvalue weighted by Crippen LogP contribution is -2.29. The number of aromatic nitrogens is 4. The standard InChI is InChI=1S/C28H25N7O2/c1-4-23(36)34(3)17(2)27-33-24(25-26(29)31-13-14-35(25)27)19-7-5-8-20(15-19)28(37)32-21-11-10-18-9-6-12-30-22(18)16-21/h4-17H,1H2,2-3H3,(H2,29,31)(H,32,37)/t17-/m0/s1. The van der Waals surface area contributed by atoms with Crippen molar-refractivity contribution in [3.05, 3.63) is 97.2 Å². The monoisotopic (exact) mass is 491 g/mol. The van der Waals surface area contributed by atoms with Gasteiger partial charge in [-0.25, -0.2) is 9.97 Å². The lowest BCUT2D eigenvalue weighted by atomic mass is 10.1. The van der Waals surface area contributed by atoms with E-state index in [1.165, 1.54) is 6.08 Å². The van der Waals surface area contributed by atoms with Gasteiger partial charge in [-0.2, -0.15) is 0 Å². The molecule has 184 valence electrons. The molecule has 3 aromatic heterocycles. The minimum Gasteiger partial charge on any atom is -0.382 e. The van der Waals surface area contributed by atoms with Crippen molar-refractivity contribution in [3.63, 3.8) is 0 Å². The Kier molecular flexibility index (Phi) is 6.10. The van der Waals surface area contributed by atoms with Crippen molar-refractivity contribution in [1.29, 1.82) is 0 Å². The van der Waals surface area contributed by atoms with E-state index in [4.69, 9.17) is 10.7 Å². The third-order valence-corrected chi connectivity index (χ3v) is 6.35. The number of hydrogen-bond donors (Lipinski definition) is 2. The molecular formula is C28H25N7O2. The van der Waals surface area contributed by atoms with E-state index < -0.39 is 0 Å². The van der Waals surface area contributed by atoms with Crippen LogP contribution in [-0.4, -0.2) is 43.1 Å². The Hall–Kier alpha value is -5.05. The molecule has 37 heavy (non-hydrogen) atoms. The minimum absolute atomic E-state index is 0.226. The van der Waals surface area contributed by atoms with E-state index in [0.717, 1.165) is 10.9 Å². The first kappa shape index (κ1) is 23.7. The van der Waals surface area contributed by atoms with Crippen molar-refractivity contribution >= 4 is 39.7 Å². The molecule has 0 bridgehead atoms. The second-order valence-electron chi connectivity index (χ2n) is 8.62. The zero-order valence-corrected chi connectivity index (χ0v) is 20.4. The summed E-state index contributed by atoms with van der Waals surface area (Å²) in [5, 5.41) is 3.93. The predicted molar refractivity (Wildman–Crippen MR) is 144 cm³/mol. The first-order valence-electron chi connectivity index (χ1n) is 11.7. The number of nitrogens with one attached hydrogen (secondary N) is 1. The summed E-state index contributed by atoms with van der Waals surface area (Å²) in [7, 11) is 1.69. The van der Waals surface area contributed by atoms with Crippen LogP contribution >= 0.6 is 0 Å². The van der Waals surface area contributed by atoms with Crippen LogP contribution < -0.4 is 11.1 Å². The summed E-state index contributed by atoms with van der Waals surface area (Å²) < 4.78 is 1.82. The van der Waals surface area contributed by atoms with E-state index in [0.29, 0.717) is 39.7 Å². The Morgan fingerprint density at radius 1 is 1.11 bits per heavy atom. The van der Waals surface area contributed by atoms with Gasteiger partial charge in [0.2, 0.25) is 5.91 Å². The Bertz CT molecular complexity index is 1670. The SMILES string of the molecule is C=CC(=O)N(C)[C@@H](C)c1nc(-c2cccc(C(=O)Nc3ccc4cccnc4c3)c2)c2c(N)nccn12. The summed E-state index contributed by atoms with van der Waals surface area (Å²) >= 11 is 0. The molecule has 2 aromatic carbocycles. The van der Waals surface area contributed by atoms with E-state index in [1.54, 1.807) is 48.7 Å². The van der Waals surface area contributed by atoms with Gasteiger partial charge >= 0.3 is 0 Å². The van der Waals surface area contributed by atoms with E-state index >= 15 is 0 Å². The van der Waals surface area contributed by atoms with Crippen LogP contribution in [0.5, 0.6) is 0 Å². The number of imidazole rings is 1. The zero-order valence-electron chi connectivity index (χ0n) is 20.4. The summed E-state index contributed by atoms with van der Waals surface area (Å²) in [5.74, 6) is 0.405. The highest BCUT2D eigenvalue weighted by Gasteiger charge is 2.24. The van der Waals surface area contributed by atoms with Crippen LogP contribution in [0.25, 0.3) is 27.7 Å². The Morgan fingerprint density at radius 2 is 1.95 bits per heavy atom. The maximum absolute atomic E-state index is 13.1. The number of pyridine rings is 1. The lowest BCUT2D eigenvalue weighted by molar-refractivity contribution is -0.126. The predicted octanol–water partition coefficient (Wildman–Crippen LogP) is 4.48. The molecule has 9 nitrogen and oxygen atoms in total. The first-order chi connectivity index (χ1) is 17.9. The molecule has 1 atom stereocenters. The van der Waals surface area contributed by atoms with Gasteiger partial charge in [-0.1, -0.05) is 30.8 Å². The van der Waals surface area contributed by atoms with Crippen molar-refractivity contribution in [2.45, 2.75) is 13.0 Å². The summed E-state index contributed by atoms with van der Waals surface area (Å²) in [6.07, 6.45) is 6.32. The van der Waals surface area contributed by atoms with E-state index in [9.17, 15) is 9.59 Å². The van der Waals surface area contributed by atoms with Crippen LogP contribution in [0.3, 0.4) is 0 Å². The average Bonchev–Trinajstić information content (AvgIpc) is 3.33. The fraction of sp³-hybridized carbons (Fsp3) is 0.107. The summed E-state index contributed by atoms with van der Waals surface area (Å²) in [5.41, 5.74) is 10.0. The summed E-state index contributed by atoms with van der Waals surface area (Å²) in [6.45, 7) is 5.44. The van der Waals surface area contributed by atoms with Crippen molar-refractivity contribution in [1.82, 2.24) is 24.3 Å². The lowest BCUT2D eigenvalue weighted by Gasteiger charge is -2.22. The molecule has 5 rings (SSSR count). The topological polar surface area (TPSA) is 119 Å². The number of likely N-dealkylation sites (N-methyl/N-ethyl adjacent to an activating group) is 1. The molecule has 3 N–H and O–H groups in total. The van der Waals surface area contributed by atoms with Gasteiger partial charge in [-0.3, -0.25) is 19.0 Å². The molecule has 0 aliphatic carbocycles. The molecule has 0 radical (unpaired) electrons. The highest BCUT2D eigenvalue weighted by Crippen LogP contribution is 2.32. The second kappa shape index (κ2) is 9.54. The fourth-order valence-electron chi connectivity index (χ4n) is 4.25. The van der Waals surface area contributed by atoms with Crippen molar-refractivity contribution in [2.75, 3.05) is 18.1 Å². The number of benzene rings is 2. The molecule has 0 saturated carbocycles. The molecule has 9 heteroatoms. The number of nitrogen functional groups attached to an aromatic ring is 1. The molecule has 0 spiro atoms. The number of fused-ring (bicyclic) bond motifs is 2. The van der Waals surface area contributed by atoms with E-state index in [2.05, 4.69) is 21.9 Å². The Morgan fingerprint density at radius 3 is 2.76 bits per heavy atom. The Balaban J connectivity index is 1.52. The first-order valence-corrected chi connectivity index (χ1v) is 11.7. The van der Waals surface area contributed by atoms with Gasteiger partial charge in [-0.15, -0.1) is 0 Å². The smallest absolute Gasteiger partial charge is 0.255 e. The number of carbonyl (C=O) groups excluding carboxylic acids is 2. The molecular weight excluding hydrogens is 466 g/mol. The number of nitrogens with zero attached hydrogens (tertiary/aromatic N) is 5. The van der Waals surface area contributed by atoms with Gasteiger partial charge in [0.1, 0.15) is 22.9 Å². The highest BCUT2D eigenvalue weighted by atomic mass is 16.2. The van der Waals surface area contributed by atoms with Gasteiger partial charge in [-0.05, 0) is 43.3 Å². The zero-order chi connectivity index (χ0) is 26.1. The fourth-order valence-corrected chi connectivity index (χ4v) is 4.25. The van der Waals surface area contributed by atoms with Gasteiger partial charge < -0.3 is 16.0 Å². The molecule has 0 aliphatic heterocycles. The van der Waals surface area contributed by atoms with Crippen LogP contribution in [0.15, 0.2) is 85.8 Å². The van der Waals surface area contributed by atoms with Crippen LogP contribution in [0, 0.1) is 0 Å². The van der Waals surface area contributed by atoms with Gasteiger partial charge in [0.05, 0.1) is 11.6 Å². The largest absolute Gasteiger partial charge is 0.382 e. The number of nitrogens with two attached hydrogens (primary N) is 1. The average molecular weight is 492 g/mol. The second-order valence-corrected chi connectivity index (χ2v) is 8.62. The van der Waals surface area contributed by atoms with Crippen LogP contribution in [0.2, 0.25) is 0 Å². The normalized spacial score (nSPS) is 11.8. The number of hydrogen-bond acceptors (Lipinski definition) is 6. The molecule has 3 heterocycles. The number of rotatable bonds is 6. The highest BCUT2D eigenvalue weighted by molar-refractivity contribution is 6.06. The van der Waals surface area contributed by atoms with Gasteiger partial charge in [0, 0.05) is 47.8 Å². The van der Waals surface area contributed by atoms with Crippen LogP contribution in [0.4, 0.5) is 11.5 Å². The molecule has 0 aliphatic rings. The quantitative estimate of drug-likeness (QED) is 0.338. The maximum atomic E-state index is 13.1. The minimum atomic E-state index is -0.374. The van der Waals surface area contributed by atoms with Crippen LogP contribution in [0.1, 0.15) is 29.1 Å². The molecule has 0 fully saturated rings. The van der Waals surface area contributed by atoms with Gasteiger partial charge in [0.25, 0.3) is 5.91 Å². The van der Waals surface area contributed by atoms with E-state index in [1.807, 2.05) is 47.7 Å². The van der Waals surface area contributed by atoms with Crippen molar-refractivity contribution in [3.8, 4) is 11.3 Å². The third kappa shape index (κ3) is 4.38. The molecule has 2 amide bonds. The molecule has 0 unspecified atom stereocenters. The summed E-state index contributed by atoms with van der Waals surface area (Å²) in [6, 6.07) is 16.2. The number of amides is 2. The summed E-state index contributed by atoms with van der Waals surface area (Å²) in [4.78, 5) is 40.3. The van der Waals surface area contributed by atoms with Crippen molar-refractivity contribution in [2.24, 2.45) is 0 Å². The molecule has 5 aromatic rings. The maximum Gasteiger partial charge on any atom is 0.255 e. The number of carbonyl (C=O) groups is 2. The number of anilines is 2. The molecule has 0 saturated heterocycles. The van der Waals surface area contributed by atoms with Gasteiger partial charge in [0.15, 0.2) is 0 Å². The third-order valence-electron chi connectivity index (χ3n) is 6.35. The van der Waals surface area contributed by atoms with Crippen LogP contribution in [-0.2, 0) is 4.79 Å².